The third-order valence-corrected chi connectivity index (χ3v) is 2.61. The van der Waals surface area contributed by atoms with Crippen LogP contribution in [0.15, 0.2) is 48.5 Å². The fourth-order valence-corrected chi connectivity index (χ4v) is 1.67. The van der Waals surface area contributed by atoms with Gasteiger partial charge in [0, 0.05) is 6.07 Å². The summed E-state index contributed by atoms with van der Waals surface area (Å²) in [5.41, 5.74) is 6.34. The Bertz CT molecular complexity index is 598. The molecule has 0 radical (unpaired) electrons. The quantitative estimate of drug-likeness (QED) is 0.653. The number of nitrogens with two attached hydrogens (primary N) is 1. The van der Waals surface area contributed by atoms with Crippen molar-refractivity contribution in [2.45, 2.75) is 6.92 Å². The summed E-state index contributed by atoms with van der Waals surface area (Å²) in [5.74, 6) is 1.30. The molecule has 0 aromatic heterocycles. The van der Waals surface area contributed by atoms with E-state index in [2.05, 4.69) is 0 Å². The molecule has 0 aliphatic carbocycles. The Hall–Kier alpha value is -2.69. The Morgan fingerprint density at radius 1 is 1.10 bits per heavy atom. The topological polar surface area (TPSA) is 70.8 Å². The molecule has 0 heterocycles. The number of esters is 1. The van der Waals surface area contributed by atoms with Crippen molar-refractivity contribution >= 4 is 11.7 Å². The molecule has 110 valence electrons. The maximum atomic E-state index is 11.2. The number of carbonyl (C=O) groups excluding carboxylic acids is 1. The highest BCUT2D eigenvalue weighted by atomic mass is 16.6. The van der Waals surface area contributed by atoms with E-state index in [1.807, 2.05) is 30.3 Å². The number of carbonyl (C=O) groups is 1. The van der Waals surface area contributed by atoms with E-state index >= 15 is 0 Å². The Balaban J connectivity index is 1.99. The maximum absolute atomic E-state index is 11.2. The second kappa shape index (κ2) is 7.19. The van der Waals surface area contributed by atoms with E-state index in [1.165, 1.54) is 0 Å². The van der Waals surface area contributed by atoms with Crippen LogP contribution < -0.4 is 15.2 Å². The lowest BCUT2D eigenvalue weighted by Crippen LogP contribution is -2.14. The van der Waals surface area contributed by atoms with Crippen LogP contribution in [0.1, 0.15) is 6.92 Å². The van der Waals surface area contributed by atoms with Crippen LogP contribution in [-0.2, 0) is 9.53 Å². The van der Waals surface area contributed by atoms with Gasteiger partial charge in [-0.15, -0.1) is 0 Å². The molecule has 0 saturated carbocycles. The highest BCUT2D eigenvalue weighted by Crippen LogP contribution is 2.30. The molecule has 2 aromatic rings. The largest absolute Gasteiger partial charge is 0.482 e. The van der Waals surface area contributed by atoms with Crippen molar-refractivity contribution in [2.24, 2.45) is 0 Å². The molecule has 0 amide bonds. The van der Waals surface area contributed by atoms with E-state index in [0.717, 1.165) is 0 Å². The van der Waals surface area contributed by atoms with Crippen molar-refractivity contribution in [1.29, 1.82) is 0 Å². The SMILES string of the molecule is CCOC(=O)COc1ccc(Oc2ccccc2)c(N)c1. The highest BCUT2D eigenvalue weighted by Gasteiger charge is 2.07. The molecule has 0 unspecified atom stereocenters. The molecular formula is C16H17NO4. The monoisotopic (exact) mass is 287 g/mol. The van der Waals surface area contributed by atoms with Gasteiger partial charge in [-0.1, -0.05) is 18.2 Å². The fraction of sp³-hybridized carbons (Fsp3) is 0.188. The zero-order chi connectivity index (χ0) is 15.1. The predicted molar refractivity (Wildman–Crippen MR) is 79.5 cm³/mol. The summed E-state index contributed by atoms with van der Waals surface area (Å²) in [4.78, 5) is 11.2. The summed E-state index contributed by atoms with van der Waals surface area (Å²) in [6, 6.07) is 14.3. The second-order valence-corrected chi connectivity index (χ2v) is 4.21. The molecule has 0 aliphatic rings. The van der Waals surface area contributed by atoms with Crippen molar-refractivity contribution in [3.05, 3.63) is 48.5 Å². The van der Waals surface area contributed by atoms with Crippen molar-refractivity contribution in [2.75, 3.05) is 18.9 Å². The van der Waals surface area contributed by atoms with E-state index in [0.29, 0.717) is 29.5 Å². The third-order valence-electron chi connectivity index (χ3n) is 2.61. The molecule has 0 aliphatic heterocycles. The summed E-state index contributed by atoms with van der Waals surface area (Å²) in [7, 11) is 0. The lowest BCUT2D eigenvalue weighted by atomic mass is 10.2. The average molecular weight is 287 g/mol. The molecule has 2 aromatic carbocycles. The van der Waals surface area contributed by atoms with Crippen LogP contribution in [0.5, 0.6) is 17.2 Å². The van der Waals surface area contributed by atoms with Gasteiger partial charge in [0.05, 0.1) is 12.3 Å². The number of benzene rings is 2. The minimum absolute atomic E-state index is 0.147. The van der Waals surface area contributed by atoms with Crippen LogP contribution in [-0.4, -0.2) is 19.2 Å². The second-order valence-electron chi connectivity index (χ2n) is 4.21. The zero-order valence-electron chi connectivity index (χ0n) is 11.7. The fourth-order valence-electron chi connectivity index (χ4n) is 1.67. The normalized spacial score (nSPS) is 9.95. The van der Waals surface area contributed by atoms with Gasteiger partial charge in [0.2, 0.25) is 0 Å². The number of hydrogen-bond donors (Lipinski definition) is 1. The molecule has 0 spiro atoms. The van der Waals surface area contributed by atoms with Gasteiger partial charge in [0.25, 0.3) is 0 Å². The number of nitrogen functional groups attached to an aromatic ring is 1. The Morgan fingerprint density at radius 3 is 2.52 bits per heavy atom. The van der Waals surface area contributed by atoms with Crippen LogP contribution in [0.25, 0.3) is 0 Å². The van der Waals surface area contributed by atoms with Crippen LogP contribution in [0.2, 0.25) is 0 Å². The van der Waals surface area contributed by atoms with E-state index in [4.69, 9.17) is 19.9 Å². The Kier molecular flexibility index (Phi) is 5.04. The first-order chi connectivity index (χ1) is 10.2. The van der Waals surface area contributed by atoms with Gasteiger partial charge in [0.15, 0.2) is 12.4 Å². The zero-order valence-corrected chi connectivity index (χ0v) is 11.7. The molecule has 5 heteroatoms. The third kappa shape index (κ3) is 4.42. The van der Waals surface area contributed by atoms with Crippen LogP contribution in [0, 0.1) is 0 Å². The van der Waals surface area contributed by atoms with Gasteiger partial charge in [-0.05, 0) is 31.2 Å². The van der Waals surface area contributed by atoms with Gasteiger partial charge in [-0.25, -0.2) is 4.79 Å². The molecule has 0 atom stereocenters. The molecule has 21 heavy (non-hydrogen) atoms. The summed E-state index contributed by atoms with van der Waals surface area (Å²) >= 11 is 0. The van der Waals surface area contributed by atoms with Crippen LogP contribution >= 0.6 is 0 Å². The molecule has 5 nitrogen and oxygen atoms in total. The minimum Gasteiger partial charge on any atom is -0.482 e. The number of hydrogen-bond acceptors (Lipinski definition) is 5. The van der Waals surface area contributed by atoms with Gasteiger partial charge in [-0.3, -0.25) is 0 Å². The summed E-state index contributed by atoms with van der Waals surface area (Å²) in [6.45, 7) is 1.92. The standard InChI is InChI=1S/C16H17NO4/c1-2-19-16(18)11-20-13-8-9-15(14(17)10-13)21-12-6-4-3-5-7-12/h3-10H,2,11,17H2,1H3. The van der Waals surface area contributed by atoms with Gasteiger partial charge >= 0.3 is 5.97 Å². The first-order valence-electron chi connectivity index (χ1n) is 6.60. The van der Waals surface area contributed by atoms with E-state index < -0.39 is 5.97 Å². The average Bonchev–Trinajstić information content (AvgIpc) is 2.49. The Morgan fingerprint density at radius 2 is 1.86 bits per heavy atom. The molecule has 0 bridgehead atoms. The summed E-state index contributed by atoms with van der Waals surface area (Å²) < 4.78 is 15.7. The van der Waals surface area contributed by atoms with Gasteiger partial charge < -0.3 is 19.9 Å². The van der Waals surface area contributed by atoms with Crippen molar-refractivity contribution < 1.29 is 19.0 Å². The minimum atomic E-state index is -0.416. The molecular weight excluding hydrogens is 270 g/mol. The molecule has 2 N–H and O–H groups in total. The van der Waals surface area contributed by atoms with Crippen LogP contribution in [0.4, 0.5) is 5.69 Å². The number of ether oxygens (including phenoxy) is 3. The first-order valence-corrected chi connectivity index (χ1v) is 6.60. The highest BCUT2D eigenvalue weighted by molar-refractivity contribution is 5.71. The van der Waals surface area contributed by atoms with E-state index in [9.17, 15) is 4.79 Å². The maximum Gasteiger partial charge on any atom is 0.344 e. The molecule has 0 saturated heterocycles. The smallest absolute Gasteiger partial charge is 0.344 e. The van der Waals surface area contributed by atoms with Crippen molar-refractivity contribution in [3.8, 4) is 17.2 Å². The summed E-state index contributed by atoms with van der Waals surface area (Å²) in [6.07, 6.45) is 0. The van der Waals surface area contributed by atoms with E-state index in [-0.39, 0.29) is 6.61 Å². The van der Waals surface area contributed by atoms with Crippen molar-refractivity contribution in [3.63, 3.8) is 0 Å². The predicted octanol–water partition coefficient (Wildman–Crippen LogP) is 3.00. The number of anilines is 1. The molecule has 2 rings (SSSR count). The lowest BCUT2D eigenvalue weighted by Gasteiger charge is -2.11. The van der Waals surface area contributed by atoms with Crippen LogP contribution in [0.3, 0.4) is 0 Å². The Labute approximate surface area is 123 Å². The van der Waals surface area contributed by atoms with Gasteiger partial charge in [-0.2, -0.15) is 0 Å². The van der Waals surface area contributed by atoms with Gasteiger partial charge in [0.1, 0.15) is 11.5 Å². The number of para-hydroxylation sites is 1. The lowest BCUT2D eigenvalue weighted by molar-refractivity contribution is -0.145. The van der Waals surface area contributed by atoms with Crippen molar-refractivity contribution in [1.82, 2.24) is 0 Å². The summed E-state index contributed by atoms with van der Waals surface area (Å²) in [5, 5.41) is 0. The first kappa shape index (κ1) is 14.7. The number of rotatable bonds is 6. The van der Waals surface area contributed by atoms with E-state index in [1.54, 1.807) is 25.1 Å². The molecule has 0 fully saturated rings.